The lowest BCUT2D eigenvalue weighted by Crippen LogP contribution is -2.44. The minimum Gasteiger partial charge on any atom is -0.497 e. The van der Waals surface area contributed by atoms with E-state index in [0.717, 1.165) is 43.2 Å². The molecule has 0 spiro atoms. The summed E-state index contributed by atoms with van der Waals surface area (Å²) in [5.74, 6) is 2.77. The molecular formula is C18H29NO3. The van der Waals surface area contributed by atoms with Crippen molar-refractivity contribution in [3.05, 3.63) is 22.7 Å². The van der Waals surface area contributed by atoms with E-state index < -0.39 is 0 Å². The summed E-state index contributed by atoms with van der Waals surface area (Å²) >= 11 is 0. The molecule has 1 unspecified atom stereocenters. The third-order valence-corrected chi connectivity index (χ3v) is 5.67. The highest BCUT2D eigenvalue weighted by molar-refractivity contribution is 5.35. The fraction of sp³-hybridized carbons (Fsp3) is 0.778. The standard InChI is InChI=1S/C18H29NO3/c1-20-14-6-4-12(5-7-14)18-15-11-17(22-3)16(21-2)10-13(15)8-9-19-18/h12,14,18-19H,4-11H2,1-3H3. The third-order valence-electron chi connectivity index (χ3n) is 5.67. The first kappa shape index (κ1) is 15.9. The Balaban J connectivity index is 1.74. The number of allylic oxidation sites excluding steroid dienone is 2. The van der Waals surface area contributed by atoms with Gasteiger partial charge in [0.05, 0.1) is 20.3 Å². The van der Waals surface area contributed by atoms with Crippen molar-refractivity contribution in [3.63, 3.8) is 0 Å². The number of nitrogens with one attached hydrogen (secondary N) is 1. The van der Waals surface area contributed by atoms with Gasteiger partial charge in [0.2, 0.25) is 0 Å². The summed E-state index contributed by atoms with van der Waals surface area (Å²) in [6.45, 7) is 1.09. The highest BCUT2D eigenvalue weighted by Gasteiger charge is 2.35. The second kappa shape index (κ2) is 7.05. The molecule has 0 aromatic rings. The Kier molecular flexibility index (Phi) is 5.09. The molecule has 4 nitrogen and oxygen atoms in total. The zero-order valence-electron chi connectivity index (χ0n) is 14.1. The summed E-state index contributed by atoms with van der Waals surface area (Å²) in [5.41, 5.74) is 3.15. The van der Waals surface area contributed by atoms with E-state index in [-0.39, 0.29) is 0 Å². The molecule has 3 aliphatic rings. The van der Waals surface area contributed by atoms with E-state index in [1.807, 2.05) is 7.11 Å². The van der Waals surface area contributed by atoms with Crippen LogP contribution in [0, 0.1) is 5.92 Å². The maximum Gasteiger partial charge on any atom is 0.137 e. The summed E-state index contributed by atoms with van der Waals surface area (Å²) in [6.07, 6.45) is 8.36. The van der Waals surface area contributed by atoms with Crippen molar-refractivity contribution in [1.29, 1.82) is 0 Å². The van der Waals surface area contributed by atoms with Gasteiger partial charge in [-0.3, -0.25) is 0 Å². The average Bonchev–Trinajstić information content (AvgIpc) is 2.60. The number of hydrogen-bond donors (Lipinski definition) is 1. The van der Waals surface area contributed by atoms with Gasteiger partial charge in [-0.25, -0.2) is 0 Å². The van der Waals surface area contributed by atoms with Gasteiger partial charge in [0.15, 0.2) is 0 Å². The Morgan fingerprint density at radius 3 is 2.23 bits per heavy atom. The quantitative estimate of drug-likeness (QED) is 0.810. The molecular weight excluding hydrogens is 278 g/mol. The number of rotatable bonds is 4. The summed E-state index contributed by atoms with van der Waals surface area (Å²) in [6, 6.07) is 0.519. The SMILES string of the molecule is COC1=C(OC)CC2=C(CCNC2C2CCC(OC)CC2)C1. The molecule has 1 atom stereocenters. The summed E-state index contributed by atoms with van der Waals surface area (Å²) in [5, 5.41) is 3.78. The molecule has 124 valence electrons. The van der Waals surface area contributed by atoms with Gasteiger partial charge < -0.3 is 19.5 Å². The molecule has 22 heavy (non-hydrogen) atoms. The molecule has 1 aliphatic heterocycles. The normalized spacial score (nSPS) is 32.8. The van der Waals surface area contributed by atoms with Crippen LogP contribution >= 0.6 is 0 Å². The second-order valence-corrected chi connectivity index (χ2v) is 6.69. The second-order valence-electron chi connectivity index (χ2n) is 6.69. The van der Waals surface area contributed by atoms with Crippen LogP contribution in [0.1, 0.15) is 44.9 Å². The summed E-state index contributed by atoms with van der Waals surface area (Å²) in [7, 11) is 5.35. The van der Waals surface area contributed by atoms with Gasteiger partial charge in [-0.15, -0.1) is 0 Å². The predicted molar refractivity (Wildman–Crippen MR) is 86.5 cm³/mol. The van der Waals surface area contributed by atoms with Crippen molar-refractivity contribution in [1.82, 2.24) is 5.32 Å². The Hall–Kier alpha value is -1.00. The van der Waals surface area contributed by atoms with Crippen LogP contribution in [-0.4, -0.2) is 40.0 Å². The first-order valence-electron chi connectivity index (χ1n) is 8.53. The number of methoxy groups -OCH3 is 3. The van der Waals surface area contributed by atoms with Crippen molar-refractivity contribution in [2.24, 2.45) is 5.92 Å². The molecule has 1 N–H and O–H groups in total. The summed E-state index contributed by atoms with van der Waals surface area (Å²) in [4.78, 5) is 0. The molecule has 1 saturated carbocycles. The van der Waals surface area contributed by atoms with Gasteiger partial charge in [0.1, 0.15) is 11.5 Å². The van der Waals surface area contributed by atoms with E-state index in [0.29, 0.717) is 12.1 Å². The highest BCUT2D eigenvalue weighted by Crippen LogP contribution is 2.40. The van der Waals surface area contributed by atoms with E-state index in [4.69, 9.17) is 14.2 Å². The molecule has 3 rings (SSSR count). The molecule has 0 aromatic heterocycles. The van der Waals surface area contributed by atoms with Crippen molar-refractivity contribution >= 4 is 0 Å². The molecule has 0 saturated heterocycles. The van der Waals surface area contributed by atoms with Crippen molar-refractivity contribution in [2.45, 2.75) is 57.1 Å². The third kappa shape index (κ3) is 3.04. The van der Waals surface area contributed by atoms with E-state index in [1.165, 1.54) is 25.7 Å². The molecule has 0 amide bonds. The van der Waals surface area contributed by atoms with E-state index in [2.05, 4.69) is 5.32 Å². The maximum atomic E-state index is 5.59. The molecule has 4 heteroatoms. The van der Waals surface area contributed by atoms with Crippen molar-refractivity contribution in [3.8, 4) is 0 Å². The van der Waals surface area contributed by atoms with Crippen LogP contribution in [0.2, 0.25) is 0 Å². The monoisotopic (exact) mass is 307 g/mol. The zero-order valence-corrected chi connectivity index (χ0v) is 14.1. The Labute approximate surface area is 133 Å². The highest BCUT2D eigenvalue weighted by atomic mass is 16.5. The van der Waals surface area contributed by atoms with Gasteiger partial charge >= 0.3 is 0 Å². The van der Waals surface area contributed by atoms with Gasteiger partial charge in [0.25, 0.3) is 0 Å². The number of hydrogen-bond acceptors (Lipinski definition) is 4. The van der Waals surface area contributed by atoms with Crippen LogP contribution in [0.15, 0.2) is 22.7 Å². The number of ether oxygens (including phenoxy) is 3. The molecule has 0 bridgehead atoms. The smallest absolute Gasteiger partial charge is 0.137 e. The van der Waals surface area contributed by atoms with Crippen LogP contribution in [0.3, 0.4) is 0 Å². The van der Waals surface area contributed by atoms with Crippen LogP contribution in [0.5, 0.6) is 0 Å². The van der Waals surface area contributed by atoms with E-state index in [9.17, 15) is 0 Å². The molecule has 0 aromatic carbocycles. The average molecular weight is 307 g/mol. The fourth-order valence-corrected chi connectivity index (χ4v) is 4.36. The van der Waals surface area contributed by atoms with Crippen LogP contribution < -0.4 is 5.32 Å². The lowest BCUT2D eigenvalue weighted by Gasteiger charge is -2.40. The largest absolute Gasteiger partial charge is 0.497 e. The predicted octanol–water partition coefficient (Wildman–Crippen LogP) is 3.15. The van der Waals surface area contributed by atoms with Crippen molar-refractivity contribution in [2.75, 3.05) is 27.9 Å². The fourth-order valence-electron chi connectivity index (χ4n) is 4.36. The van der Waals surface area contributed by atoms with Crippen LogP contribution in [-0.2, 0) is 14.2 Å². The van der Waals surface area contributed by atoms with Crippen molar-refractivity contribution < 1.29 is 14.2 Å². The topological polar surface area (TPSA) is 39.7 Å². The van der Waals surface area contributed by atoms with E-state index >= 15 is 0 Å². The lowest BCUT2D eigenvalue weighted by molar-refractivity contribution is 0.0517. The Morgan fingerprint density at radius 2 is 1.59 bits per heavy atom. The summed E-state index contributed by atoms with van der Waals surface area (Å²) < 4.78 is 16.6. The zero-order chi connectivity index (χ0) is 15.5. The van der Waals surface area contributed by atoms with Gasteiger partial charge in [-0.2, -0.15) is 0 Å². The van der Waals surface area contributed by atoms with Crippen LogP contribution in [0.4, 0.5) is 0 Å². The Bertz CT molecular complexity index is 461. The van der Waals surface area contributed by atoms with Gasteiger partial charge in [-0.05, 0) is 50.1 Å². The van der Waals surface area contributed by atoms with Gasteiger partial charge in [0, 0.05) is 26.0 Å². The first-order valence-corrected chi connectivity index (χ1v) is 8.53. The Morgan fingerprint density at radius 1 is 0.909 bits per heavy atom. The first-order chi connectivity index (χ1) is 10.8. The minimum absolute atomic E-state index is 0.467. The molecule has 1 fully saturated rings. The minimum atomic E-state index is 0.467. The van der Waals surface area contributed by atoms with Crippen LogP contribution in [0.25, 0.3) is 0 Å². The maximum absolute atomic E-state index is 5.59. The molecule has 1 heterocycles. The molecule has 2 aliphatic carbocycles. The lowest BCUT2D eigenvalue weighted by atomic mass is 9.74. The molecule has 0 radical (unpaired) electrons. The van der Waals surface area contributed by atoms with E-state index in [1.54, 1.807) is 25.4 Å². The van der Waals surface area contributed by atoms with Gasteiger partial charge in [-0.1, -0.05) is 5.57 Å².